The maximum atomic E-state index is 6.11. The first kappa shape index (κ1) is 15.0. The number of nitrogens with two attached hydrogens (primary N) is 2. The van der Waals surface area contributed by atoms with Crippen molar-refractivity contribution < 1.29 is 9.15 Å². The molecule has 0 spiro atoms. The van der Waals surface area contributed by atoms with Gasteiger partial charge in [-0.25, -0.2) is 9.97 Å². The summed E-state index contributed by atoms with van der Waals surface area (Å²) in [6, 6.07) is 15.2. The summed E-state index contributed by atoms with van der Waals surface area (Å²) >= 11 is 0. The lowest BCUT2D eigenvalue weighted by Crippen LogP contribution is -1.92. The van der Waals surface area contributed by atoms with Crippen LogP contribution in [0.5, 0.6) is 5.75 Å². The van der Waals surface area contributed by atoms with Gasteiger partial charge in [-0.3, -0.25) is 0 Å². The Kier molecular flexibility index (Phi) is 3.50. The Morgan fingerprint density at radius 1 is 0.880 bits per heavy atom. The van der Waals surface area contributed by atoms with Crippen molar-refractivity contribution in [1.29, 1.82) is 0 Å². The molecule has 0 radical (unpaired) electrons. The second-order valence-electron chi connectivity index (χ2n) is 5.60. The number of hydrogen-bond donors (Lipinski definition) is 2. The van der Waals surface area contributed by atoms with Crippen LogP contribution in [-0.2, 0) is 0 Å². The number of rotatable bonds is 3. The average Bonchev–Trinajstić information content (AvgIpc) is 3.03. The van der Waals surface area contributed by atoms with Crippen molar-refractivity contribution in [2.24, 2.45) is 0 Å². The maximum absolute atomic E-state index is 6.11. The van der Waals surface area contributed by atoms with Gasteiger partial charge in [0, 0.05) is 16.8 Å². The van der Waals surface area contributed by atoms with Gasteiger partial charge in [0.15, 0.2) is 0 Å². The highest BCUT2D eigenvalue weighted by Crippen LogP contribution is 2.42. The molecule has 0 amide bonds. The molecule has 0 aliphatic carbocycles. The fraction of sp³-hybridized carbons (Fsp3) is 0.0526. The third-order valence-corrected chi connectivity index (χ3v) is 4.07. The van der Waals surface area contributed by atoms with Gasteiger partial charge in [0.05, 0.1) is 12.5 Å². The molecule has 0 fully saturated rings. The van der Waals surface area contributed by atoms with Gasteiger partial charge in [-0.05, 0) is 42.0 Å². The number of aromatic nitrogens is 2. The van der Waals surface area contributed by atoms with Gasteiger partial charge in [-0.1, -0.05) is 12.1 Å². The SMILES string of the molecule is COc1ccc(-c2oc3ncnc(N)c3c2-c2ccc(N)cc2)cc1. The molecule has 0 unspecified atom stereocenters. The van der Waals surface area contributed by atoms with Crippen LogP contribution in [0.4, 0.5) is 11.5 Å². The van der Waals surface area contributed by atoms with Crippen molar-refractivity contribution in [3.8, 4) is 28.2 Å². The minimum atomic E-state index is 0.375. The van der Waals surface area contributed by atoms with E-state index in [4.69, 9.17) is 20.6 Å². The molecule has 2 heterocycles. The van der Waals surface area contributed by atoms with Gasteiger partial charge >= 0.3 is 0 Å². The molecule has 2 aromatic carbocycles. The van der Waals surface area contributed by atoms with E-state index >= 15 is 0 Å². The predicted molar refractivity (Wildman–Crippen MR) is 98.1 cm³/mol. The highest BCUT2D eigenvalue weighted by molar-refractivity contribution is 6.05. The number of nitrogen functional groups attached to an aromatic ring is 2. The van der Waals surface area contributed by atoms with E-state index in [1.807, 2.05) is 48.5 Å². The Hall–Kier alpha value is -3.54. The van der Waals surface area contributed by atoms with Crippen LogP contribution in [0.25, 0.3) is 33.6 Å². The fourth-order valence-electron chi connectivity index (χ4n) is 2.83. The van der Waals surface area contributed by atoms with Crippen LogP contribution in [-0.4, -0.2) is 17.1 Å². The lowest BCUT2D eigenvalue weighted by molar-refractivity contribution is 0.415. The van der Waals surface area contributed by atoms with E-state index in [1.165, 1.54) is 6.33 Å². The molecule has 4 rings (SSSR count). The number of methoxy groups -OCH3 is 1. The van der Waals surface area contributed by atoms with E-state index in [-0.39, 0.29) is 0 Å². The van der Waals surface area contributed by atoms with Gasteiger partial charge in [0.25, 0.3) is 0 Å². The van der Waals surface area contributed by atoms with E-state index in [9.17, 15) is 0 Å². The van der Waals surface area contributed by atoms with Crippen molar-refractivity contribution >= 4 is 22.6 Å². The number of fused-ring (bicyclic) bond motifs is 1. The Morgan fingerprint density at radius 3 is 2.24 bits per heavy atom. The number of benzene rings is 2. The minimum Gasteiger partial charge on any atom is -0.497 e. The molecule has 4 N–H and O–H groups in total. The zero-order valence-corrected chi connectivity index (χ0v) is 13.6. The molecule has 0 bridgehead atoms. The van der Waals surface area contributed by atoms with Crippen LogP contribution < -0.4 is 16.2 Å². The first-order valence-corrected chi connectivity index (χ1v) is 7.70. The first-order valence-electron chi connectivity index (χ1n) is 7.70. The van der Waals surface area contributed by atoms with Crippen molar-refractivity contribution in [2.45, 2.75) is 0 Å². The summed E-state index contributed by atoms with van der Waals surface area (Å²) in [5.74, 6) is 1.82. The van der Waals surface area contributed by atoms with E-state index < -0.39 is 0 Å². The van der Waals surface area contributed by atoms with Crippen molar-refractivity contribution in [1.82, 2.24) is 9.97 Å². The topological polar surface area (TPSA) is 100 Å². The van der Waals surface area contributed by atoms with Gasteiger partial charge in [0.2, 0.25) is 5.71 Å². The third-order valence-electron chi connectivity index (χ3n) is 4.07. The van der Waals surface area contributed by atoms with Gasteiger partial charge < -0.3 is 20.6 Å². The molecule has 0 aliphatic rings. The molecular weight excluding hydrogens is 316 g/mol. The molecule has 25 heavy (non-hydrogen) atoms. The number of furan rings is 1. The number of ether oxygens (including phenoxy) is 1. The van der Waals surface area contributed by atoms with Crippen LogP contribution >= 0.6 is 0 Å². The quantitative estimate of drug-likeness (QED) is 0.554. The van der Waals surface area contributed by atoms with E-state index in [0.717, 1.165) is 22.4 Å². The van der Waals surface area contributed by atoms with E-state index in [0.29, 0.717) is 28.4 Å². The summed E-state index contributed by atoms with van der Waals surface area (Å²) < 4.78 is 11.2. The zero-order chi connectivity index (χ0) is 17.4. The van der Waals surface area contributed by atoms with Crippen molar-refractivity contribution in [3.63, 3.8) is 0 Å². The van der Waals surface area contributed by atoms with E-state index in [2.05, 4.69) is 9.97 Å². The normalized spacial score (nSPS) is 10.9. The van der Waals surface area contributed by atoms with Crippen molar-refractivity contribution in [3.05, 3.63) is 54.9 Å². The molecule has 4 aromatic rings. The first-order chi connectivity index (χ1) is 12.2. The maximum Gasteiger partial charge on any atom is 0.232 e. The monoisotopic (exact) mass is 332 g/mol. The number of nitrogens with zero attached hydrogens (tertiary/aromatic N) is 2. The van der Waals surface area contributed by atoms with E-state index in [1.54, 1.807) is 7.11 Å². The smallest absolute Gasteiger partial charge is 0.232 e. The summed E-state index contributed by atoms with van der Waals surface area (Å²) in [5, 5.41) is 0.693. The third kappa shape index (κ3) is 2.53. The molecule has 6 nitrogen and oxygen atoms in total. The van der Waals surface area contributed by atoms with Crippen LogP contribution in [0.1, 0.15) is 0 Å². The van der Waals surface area contributed by atoms with Crippen LogP contribution in [0, 0.1) is 0 Å². The predicted octanol–water partition coefficient (Wildman–Crippen LogP) is 3.73. The van der Waals surface area contributed by atoms with Gasteiger partial charge in [-0.2, -0.15) is 0 Å². The highest BCUT2D eigenvalue weighted by Gasteiger charge is 2.21. The summed E-state index contributed by atoms with van der Waals surface area (Å²) in [4.78, 5) is 8.33. The van der Waals surface area contributed by atoms with Gasteiger partial charge in [-0.15, -0.1) is 0 Å². The molecule has 2 aromatic heterocycles. The lowest BCUT2D eigenvalue weighted by Gasteiger charge is -2.06. The van der Waals surface area contributed by atoms with Crippen LogP contribution in [0.15, 0.2) is 59.3 Å². The second kappa shape index (κ2) is 5.83. The standard InChI is InChI=1S/C19H16N4O2/c1-24-14-8-4-12(5-9-14)17-15(11-2-6-13(20)7-3-11)16-18(21)22-10-23-19(16)25-17/h2-10H,20H2,1H3,(H2,21,22,23). The second-order valence-corrected chi connectivity index (χ2v) is 5.60. The zero-order valence-electron chi connectivity index (χ0n) is 13.6. The summed E-state index contributed by atoms with van der Waals surface area (Å²) in [6.07, 6.45) is 1.39. The molecule has 124 valence electrons. The Bertz CT molecular complexity index is 1040. The van der Waals surface area contributed by atoms with Gasteiger partial charge in [0.1, 0.15) is 23.7 Å². The number of hydrogen-bond acceptors (Lipinski definition) is 6. The summed E-state index contributed by atoms with van der Waals surface area (Å²) in [7, 11) is 1.63. The molecule has 0 saturated heterocycles. The minimum absolute atomic E-state index is 0.375. The summed E-state index contributed by atoms with van der Waals surface area (Å²) in [6.45, 7) is 0. The Labute approximate surface area is 144 Å². The molecule has 0 aliphatic heterocycles. The molecule has 0 saturated carbocycles. The number of anilines is 2. The average molecular weight is 332 g/mol. The fourth-order valence-corrected chi connectivity index (χ4v) is 2.83. The van der Waals surface area contributed by atoms with Crippen LogP contribution in [0.2, 0.25) is 0 Å². The highest BCUT2D eigenvalue weighted by atomic mass is 16.5. The molecular formula is C19H16N4O2. The molecule has 6 heteroatoms. The van der Waals surface area contributed by atoms with Crippen LogP contribution in [0.3, 0.4) is 0 Å². The Morgan fingerprint density at radius 2 is 1.56 bits per heavy atom. The Balaban J connectivity index is 2.01. The lowest BCUT2D eigenvalue weighted by atomic mass is 9.99. The largest absolute Gasteiger partial charge is 0.497 e. The summed E-state index contributed by atoms with van der Waals surface area (Å²) in [5.41, 5.74) is 15.7. The van der Waals surface area contributed by atoms with Crippen molar-refractivity contribution in [2.75, 3.05) is 18.6 Å². The molecule has 0 atom stereocenters.